The lowest BCUT2D eigenvalue weighted by molar-refractivity contribution is -0.384. The van der Waals surface area contributed by atoms with Gasteiger partial charge in [0.05, 0.1) is 11.5 Å². The zero-order chi connectivity index (χ0) is 20.4. The van der Waals surface area contributed by atoms with Crippen LogP contribution < -0.4 is 5.32 Å². The molecule has 1 N–H and O–H groups in total. The van der Waals surface area contributed by atoms with Crippen LogP contribution in [0.1, 0.15) is 12.5 Å². The average Bonchev–Trinajstić information content (AvgIpc) is 3.43. The first kappa shape index (κ1) is 19.0. The van der Waals surface area contributed by atoms with Crippen molar-refractivity contribution in [3.8, 4) is 10.7 Å². The van der Waals surface area contributed by atoms with E-state index in [2.05, 4.69) is 25.7 Å². The molecule has 0 aliphatic rings. The van der Waals surface area contributed by atoms with Crippen molar-refractivity contribution in [1.29, 1.82) is 0 Å². The topological polar surface area (TPSA) is 117 Å². The number of nitro groups is 1. The molecule has 0 saturated heterocycles. The Bertz CT molecular complexity index is 1170. The van der Waals surface area contributed by atoms with Crippen LogP contribution in [0, 0.1) is 10.1 Å². The predicted octanol–water partition coefficient (Wildman–Crippen LogP) is 3.97. The summed E-state index contributed by atoms with van der Waals surface area (Å²) in [6, 6.07) is 9.37. The maximum absolute atomic E-state index is 11.3. The van der Waals surface area contributed by atoms with E-state index in [-0.39, 0.29) is 11.4 Å². The third-order valence-electron chi connectivity index (χ3n) is 4.06. The number of nitrogens with one attached hydrogen (secondary N) is 1. The highest BCUT2D eigenvalue weighted by Crippen LogP contribution is 2.33. The second kappa shape index (κ2) is 7.97. The minimum absolute atomic E-state index is 0.0985. The summed E-state index contributed by atoms with van der Waals surface area (Å²) >= 11 is 7.36. The van der Waals surface area contributed by atoms with Crippen molar-refractivity contribution < 1.29 is 4.92 Å². The number of halogens is 1. The molecular formula is C17H15ClN8O2S. The van der Waals surface area contributed by atoms with Crippen LogP contribution in [0.2, 0.25) is 5.02 Å². The van der Waals surface area contributed by atoms with Gasteiger partial charge in [0, 0.05) is 23.8 Å². The largest absolute Gasteiger partial charge is 0.317 e. The second-order valence-electron chi connectivity index (χ2n) is 6.00. The third kappa shape index (κ3) is 4.10. The number of rotatable bonds is 7. The van der Waals surface area contributed by atoms with Crippen LogP contribution in [0.5, 0.6) is 0 Å². The van der Waals surface area contributed by atoms with Crippen LogP contribution in [0.25, 0.3) is 10.7 Å². The molecule has 0 bridgehead atoms. The summed E-state index contributed by atoms with van der Waals surface area (Å²) in [5.74, 6) is 0.577. The van der Waals surface area contributed by atoms with E-state index in [4.69, 9.17) is 11.6 Å². The number of nitrogens with zero attached hydrogens (tertiary/aromatic N) is 7. The molecule has 0 aliphatic carbocycles. The molecule has 0 radical (unpaired) electrons. The van der Waals surface area contributed by atoms with Gasteiger partial charge < -0.3 is 5.32 Å². The first-order valence-corrected chi connectivity index (χ1v) is 9.82. The molecule has 29 heavy (non-hydrogen) atoms. The van der Waals surface area contributed by atoms with Crippen LogP contribution in [0.3, 0.4) is 0 Å². The molecule has 3 aromatic heterocycles. The monoisotopic (exact) mass is 430 g/mol. The van der Waals surface area contributed by atoms with Crippen molar-refractivity contribution >= 4 is 39.6 Å². The summed E-state index contributed by atoms with van der Waals surface area (Å²) in [7, 11) is 0. The van der Waals surface area contributed by atoms with E-state index in [1.807, 2.05) is 37.4 Å². The van der Waals surface area contributed by atoms with Gasteiger partial charge in [-0.25, -0.2) is 0 Å². The average molecular weight is 431 g/mol. The van der Waals surface area contributed by atoms with Crippen LogP contribution >= 0.6 is 22.9 Å². The van der Waals surface area contributed by atoms with E-state index >= 15 is 0 Å². The van der Waals surface area contributed by atoms with Gasteiger partial charge in [-0.2, -0.15) is 10.2 Å². The summed E-state index contributed by atoms with van der Waals surface area (Å²) in [6.07, 6.45) is 3.21. The SMILES string of the molecule is CCn1cc([N+](=O)[O-])c(-c2nnc(Nc3ccn(Cc4ccccc4Cl)n3)s2)n1. The van der Waals surface area contributed by atoms with Gasteiger partial charge in [-0.1, -0.05) is 41.1 Å². The standard InChI is InChI=1S/C17H15ClN8O2S/c1-2-24-10-13(26(27)28)15(23-24)16-20-21-17(29-16)19-14-7-8-25(22-14)9-11-5-3-4-6-12(11)18/h3-8,10H,2,9H2,1H3,(H,19,21,22). The second-order valence-corrected chi connectivity index (χ2v) is 7.39. The van der Waals surface area contributed by atoms with Crippen molar-refractivity contribution in [2.24, 2.45) is 0 Å². The van der Waals surface area contributed by atoms with Crippen molar-refractivity contribution in [3.63, 3.8) is 0 Å². The number of aromatic nitrogens is 6. The lowest BCUT2D eigenvalue weighted by atomic mass is 10.2. The van der Waals surface area contributed by atoms with Gasteiger partial charge >= 0.3 is 5.69 Å². The van der Waals surface area contributed by atoms with E-state index < -0.39 is 4.92 Å². The number of benzene rings is 1. The van der Waals surface area contributed by atoms with Crippen molar-refractivity contribution in [2.45, 2.75) is 20.0 Å². The van der Waals surface area contributed by atoms with Crippen molar-refractivity contribution in [3.05, 3.63) is 63.4 Å². The molecule has 10 nitrogen and oxygen atoms in total. The zero-order valence-electron chi connectivity index (χ0n) is 15.2. The van der Waals surface area contributed by atoms with Crippen LogP contribution in [0.4, 0.5) is 16.6 Å². The maximum atomic E-state index is 11.3. The van der Waals surface area contributed by atoms with Crippen LogP contribution in [-0.4, -0.2) is 34.7 Å². The molecule has 0 atom stereocenters. The Morgan fingerprint density at radius 1 is 1.21 bits per heavy atom. The molecule has 0 unspecified atom stereocenters. The molecule has 12 heteroatoms. The molecule has 148 valence electrons. The van der Waals surface area contributed by atoms with Gasteiger partial charge in [0.25, 0.3) is 0 Å². The number of anilines is 2. The minimum Gasteiger partial charge on any atom is -0.313 e. The first-order chi connectivity index (χ1) is 14.0. The quantitative estimate of drug-likeness (QED) is 0.348. The smallest absolute Gasteiger partial charge is 0.313 e. The molecular weight excluding hydrogens is 416 g/mol. The number of hydrogen-bond donors (Lipinski definition) is 1. The molecule has 0 fully saturated rings. The van der Waals surface area contributed by atoms with Crippen LogP contribution in [0.15, 0.2) is 42.7 Å². The highest BCUT2D eigenvalue weighted by Gasteiger charge is 2.24. The van der Waals surface area contributed by atoms with Gasteiger partial charge in [-0.05, 0) is 18.6 Å². The summed E-state index contributed by atoms with van der Waals surface area (Å²) in [4.78, 5) is 10.8. The molecule has 0 aliphatic heterocycles. The van der Waals surface area contributed by atoms with E-state index in [9.17, 15) is 10.1 Å². The fraction of sp³-hybridized carbons (Fsp3) is 0.176. The summed E-state index contributed by atoms with van der Waals surface area (Å²) in [5, 5.41) is 32.6. The first-order valence-electron chi connectivity index (χ1n) is 8.63. The number of aryl methyl sites for hydroxylation is 1. The fourth-order valence-corrected chi connectivity index (χ4v) is 3.59. The van der Waals surface area contributed by atoms with Crippen molar-refractivity contribution in [1.82, 2.24) is 29.8 Å². The Kier molecular flexibility index (Phi) is 5.23. The van der Waals surface area contributed by atoms with E-state index in [1.54, 1.807) is 10.7 Å². The number of hydrogen-bond acceptors (Lipinski definition) is 8. The Balaban J connectivity index is 1.51. The summed E-state index contributed by atoms with van der Waals surface area (Å²) < 4.78 is 3.25. The molecule has 0 amide bonds. The molecule has 4 rings (SSSR count). The Morgan fingerprint density at radius 3 is 2.79 bits per heavy atom. The van der Waals surface area contributed by atoms with Gasteiger partial charge in [0.15, 0.2) is 10.8 Å². The van der Waals surface area contributed by atoms with Gasteiger partial charge in [-0.15, -0.1) is 10.2 Å². The Morgan fingerprint density at radius 2 is 2.03 bits per heavy atom. The van der Waals surface area contributed by atoms with E-state index in [1.165, 1.54) is 22.2 Å². The molecule has 0 saturated carbocycles. The Hall–Kier alpha value is -3.31. The zero-order valence-corrected chi connectivity index (χ0v) is 16.8. The normalized spacial score (nSPS) is 11.0. The van der Waals surface area contributed by atoms with Gasteiger partial charge in [0.2, 0.25) is 10.8 Å². The molecule has 3 heterocycles. The minimum atomic E-state index is -0.473. The lowest BCUT2D eigenvalue weighted by Crippen LogP contribution is -2.01. The molecule has 0 spiro atoms. The fourth-order valence-electron chi connectivity index (χ4n) is 2.66. The predicted molar refractivity (Wildman–Crippen MR) is 110 cm³/mol. The van der Waals surface area contributed by atoms with E-state index in [0.717, 1.165) is 5.56 Å². The van der Waals surface area contributed by atoms with E-state index in [0.29, 0.717) is 34.1 Å². The summed E-state index contributed by atoms with van der Waals surface area (Å²) in [5.41, 5.74) is 1.06. The molecule has 1 aromatic carbocycles. The van der Waals surface area contributed by atoms with Crippen LogP contribution in [-0.2, 0) is 13.1 Å². The highest BCUT2D eigenvalue weighted by molar-refractivity contribution is 7.18. The summed E-state index contributed by atoms with van der Waals surface area (Å²) in [6.45, 7) is 2.91. The molecule has 4 aromatic rings. The highest BCUT2D eigenvalue weighted by atomic mass is 35.5. The third-order valence-corrected chi connectivity index (χ3v) is 5.27. The van der Waals surface area contributed by atoms with Gasteiger partial charge in [0.1, 0.15) is 6.20 Å². The van der Waals surface area contributed by atoms with Crippen molar-refractivity contribution in [2.75, 3.05) is 5.32 Å². The van der Waals surface area contributed by atoms with Gasteiger partial charge in [-0.3, -0.25) is 19.5 Å². The maximum Gasteiger partial charge on any atom is 0.317 e. The lowest BCUT2D eigenvalue weighted by Gasteiger charge is -2.04. The Labute approximate surface area is 173 Å².